The Morgan fingerprint density at radius 2 is 2.19 bits per heavy atom. The number of rotatable bonds is 4. The summed E-state index contributed by atoms with van der Waals surface area (Å²) >= 11 is 0. The number of ether oxygens (including phenoxy) is 2. The summed E-state index contributed by atoms with van der Waals surface area (Å²) in [5.74, 6) is -0.500. The predicted octanol–water partition coefficient (Wildman–Crippen LogP) is 1.11. The number of nitrogens with one attached hydrogen (secondary N) is 1. The second-order valence-corrected chi connectivity index (χ2v) is 2.78. The van der Waals surface area contributed by atoms with Crippen LogP contribution in [-0.4, -0.2) is 29.9 Å². The zero-order valence-electron chi connectivity index (χ0n) is 8.30. The summed E-state index contributed by atoms with van der Waals surface area (Å²) in [5, 5.41) is 0. The van der Waals surface area contributed by atoms with Crippen molar-refractivity contribution in [2.24, 2.45) is 0 Å². The first-order valence-electron chi connectivity index (χ1n) is 4.25. The van der Waals surface area contributed by atoms with E-state index in [-0.39, 0.29) is 11.6 Å². The Kier molecular flexibility index (Phi) is 3.75. The molecule has 0 aromatic carbocycles. The molecule has 8 heteroatoms. The first-order valence-corrected chi connectivity index (χ1v) is 4.25. The van der Waals surface area contributed by atoms with Crippen LogP contribution in [0.25, 0.3) is 0 Å². The summed E-state index contributed by atoms with van der Waals surface area (Å²) in [6, 6.07) is 0. The van der Waals surface area contributed by atoms with E-state index in [1.807, 2.05) is 0 Å². The standard InChI is InChI=1S/C8H9F3N2O3/c1-15-5-6(14)12-4-13-7(5)16-3-2-8(9,10)11/h4H,2-3H2,1H3,(H,12,13,14). The molecule has 16 heavy (non-hydrogen) atoms. The minimum Gasteiger partial charge on any atom is -0.487 e. The van der Waals surface area contributed by atoms with Gasteiger partial charge in [-0.15, -0.1) is 0 Å². The molecule has 1 N–H and O–H groups in total. The highest BCUT2D eigenvalue weighted by Crippen LogP contribution is 2.22. The number of halogens is 3. The summed E-state index contributed by atoms with van der Waals surface area (Å²) in [5.41, 5.74) is -0.612. The normalized spacial score (nSPS) is 11.2. The van der Waals surface area contributed by atoms with Gasteiger partial charge < -0.3 is 14.5 Å². The summed E-state index contributed by atoms with van der Waals surface area (Å²) in [7, 11) is 1.20. The fourth-order valence-corrected chi connectivity index (χ4v) is 0.917. The second kappa shape index (κ2) is 4.86. The molecule has 0 saturated carbocycles. The molecule has 0 unspecified atom stereocenters. The van der Waals surface area contributed by atoms with Crippen LogP contribution in [0.2, 0.25) is 0 Å². The first-order chi connectivity index (χ1) is 7.44. The number of methoxy groups -OCH3 is 1. The van der Waals surface area contributed by atoms with Gasteiger partial charge in [-0.05, 0) is 0 Å². The molecule has 0 bridgehead atoms. The van der Waals surface area contributed by atoms with E-state index in [0.717, 1.165) is 6.33 Å². The maximum Gasteiger partial charge on any atom is 0.392 e. The van der Waals surface area contributed by atoms with Gasteiger partial charge in [0.15, 0.2) is 0 Å². The molecule has 5 nitrogen and oxygen atoms in total. The van der Waals surface area contributed by atoms with Gasteiger partial charge in [-0.25, -0.2) is 4.98 Å². The van der Waals surface area contributed by atoms with E-state index in [2.05, 4.69) is 14.7 Å². The Hall–Kier alpha value is -1.73. The van der Waals surface area contributed by atoms with E-state index in [4.69, 9.17) is 4.74 Å². The summed E-state index contributed by atoms with van der Waals surface area (Å²) < 4.78 is 44.8. The highest BCUT2D eigenvalue weighted by Gasteiger charge is 2.27. The van der Waals surface area contributed by atoms with Crippen molar-refractivity contribution in [1.82, 2.24) is 9.97 Å². The largest absolute Gasteiger partial charge is 0.487 e. The summed E-state index contributed by atoms with van der Waals surface area (Å²) in [6.45, 7) is -0.615. The molecule has 1 heterocycles. The third-order valence-corrected chi connectivity index (χ3v) is 1.61. The van der Waals surface area contributed by atoms with E-state index >= 15 is 0 Å². The van der Waals surface area contributed by atoms with Gasteiger partial charge in [0.25, 0.3) is 11.4 Å². The van der Waals surface area contributed by atoms with Crippen LogP contribution in [0, 0.1) is 0 Å². The van der Waals surface area contributed by atoms with Gasteiger partial charge in [0.05, 0.1) is 26.5 Å². The van der Waals surface area contributed by atoms with E-state index in [1.54, 1.807) is 0 Å². The van der Waals surface area contributed by atoms with Crippen molar-refractivity contribution in [3.8, 4) is 11.6 Å². The fraction of sp³-hybridized carbons (Fsp3) is 0.500. The van der Waals surface area contributed by atoms with Crippen LogP contribution in [0.3, 0.4) is 0 Å². The lowest BCUT2D eigenvalue weighted by molar-refractivity contribution is -0.139. The molecule has 1 aromatic rings. The van der Waals surface area contributed by atoms with Crippen LogP contribution in [0.5, 0.6) is 11.6 Å². The summed E-state index contributed by atoms with van der Waals surface area (Å²) in [4.78, 5) is 16.9. The van der Waals surface area contributed by atoms with E-state index in [9.17, 15) is 18.0 Å². The lowest BCUT2D eigenvalue weighted by Gasteiger charge is -2.09. The van der Waals surface area contributed by atoms with Gasteiger partial charge in [-0.1, -0.05) is 0 Å². The Balaban J connectivity index is 2.67. The molecular formula is C8H9F3N2O3. The number of hydrogen-bond donors (Lipinski definition) is 1. The molecule has 0 radical (unpaired) electrons. The zero-order chi connectivity index (χ0) is 12.2. The van der Waals surface area contributed by atoms with E-state index in [1.165, 1.54) is 7.11 Å². The maximum atomic E-state index is 11.8. The molecule has 0 amide bonds. The van der Waals surface area contributed by atoms with Gasteiger partial charge in [-0.2, -0.15) is 13.2 Å². The molecule has 0 aliphatic heterocycles. The minimum atomic E-state index is -4.31. The minimum absolute atomic E-state index is 0.246. The van der Waals surface area contributed by atoms with E-state index < -0.39 is 24.8 Å². The molecule has 0 atom stereocenters. The number of aromatic nitrogens is 2. The summed E-state index contributed by atoms with van der Waals surface area (Å²) in [6.07, 6.45) is -4.41. The topological polar surface area (TPSA) is 64.2 Å². The van der Waals surface area contributed by atoms with Crippen LogP contribution in [0.15, 0.2) is 11.1 Å². The predicted molar refractivity (Wildman–Crippen MR) is 47.6 cm³/mol. The highest BCUT2D eigenvalue weighted by atomic mass is 19.4. The van der Waals surface area contributed by atoms with Crippen molar-refractivity contribution < 1.29 is 22.6 Å². The highest BCUT2D eigenvalue weighted by molar-refractivity contribution is 5.29. The van der Waals surface area contributed by atoms with Crippen LogP contribution < -0.4 is 15.0 Å². The lowest BCUT2D eigenvalue weighted by atomic mass is 10.4. The number of H-pyrrole nitrogens is 1. The van der Waals surface area contributed by atoms with Crippen molar-refractivity contribution in [3.63, 3.8) is 0 Å². The first kappa shape index (κ1) is 12.3. The molecule has 1 aromatic heterocycles. The zero-order valence-corrected chi connectivity index (χ0v) is 8.30. The average Bonchev–Trinajstić information content (AvgIpc) is 2.16. The molecule has 0 fully saturated rings. The number of alkyl halides is 3. The Morgan fingerprint density at radius 1 is 1.50 bits per heavy atom. The Morgan fingerprint density at radius 3 is 2.75 bits per heavy atom. The lowest BCUT2D eigenvalue weighted by Crippen LogP contribution is -2.16. The quantitative estimate of drug-likeness (QED) is 0.853. The molecule has 0 aliphatic rings. The van der Waals surface area contributed by atoms with E-state index in [0.29, 0.717) is 0 Å². The molecule has 1 rings (SSSR count). The third kappa shape index (κ3) is 3.44. The number of aromatic amines is 1. The smallest absolute Gasteiger partial charge is 0.392 e. The van der Waals surface area contributed by atoms with Crippen LogP contribution in [0.1, 0.15) is 6.42 Å². The van der Waals surface area contributed by atoms with Crippen LogP contribution in [0.4, 0.5) is 13.2 Å². The molecule has 0 spiro atoms. The van der Waals surface area contributed by atoms with Crippen LogP contribution >= 0.6 is 0 Å². The van der Waals surface area contributed by atoms with Gasteiger partial charge >= 0.3 is 6.18 Å². The van der Waals surface area contributed by atoms with Crippen molar-refractivity contribution in [2.45, 2.75) is 12.6 Å². The van der Waals surface area contributed by atoms with Gasteiger partial charge in [0, 0.05) is 0 Å². The van der Waals surface area contributed by atoms with Crippen LogP contribution in [-0.2, 0) is 0 Å². The van der Waals surface area contributed by atoms with Crippen molar-refractivity contribution in [1.29, 1.82) is 0 Å². The second-order valence-electron chi connectivity index (χ2n) is 2.78. The van der Waals surface area contributed by atoms with Crippen molar-refractivity contribution >= 4 is 0 Å². The number of nitrogens with zero attached hydrogens (tertiary/aromatic N) is 1. The molecule has 90 valence electrons. The monoisotopic (exact) mass is 238 g/mol. The third-order valence-electron chi connectivity index (χ3n) is 1.61. The van der Waals surface area contributed by atoms with Crippen molar-refractivity contribution in [2.75, 3.05) is 13.7 Å². The number of hydrogen-bond acceptors (Lipinski definition) is 4. The van der Waals surface area contributed by atoms with Gasteiger partial charge in [0.2, 0.25) is 5.75 Å². The van der Waals surface area contributed by atoms with Gasteiger partial charge in [-0.3, -0.25) is 4.79 Å². The SMILES string of the molecule is COc1c(OCCC(F)(F)F)nc[nH]c1=O. The molecule has 0 saturated heterocycles. The molecule has 0 aliphatic carbocycles. The van der Waals surface area contributed by atoms with Gasteiger partial charge in [0.1, 0.15) is 0 Å². The molecular weight excluding hydrogens is 229 g/mol. The fourth-order valence-electron chi connectivity index (χ4n) is 0.917. The average molecular weight is 238 g/mol. The Labute approximate surface area is 88.2 Å². The maximum absolute atomic E-state index is 11.8. The van der Waals surface area contributed by atoms with Crippen molar-refractivity contribution in [3.05, 3.63) is 16.7 Å². The Bertz CT molecular complexity index is 402.